The Bertz CT molecular complexity index is 431. The van der Waals surface area contributed by atoms with Crippen molar-refractivity contribution in [3.63, 3.8) is 0 Å². The Balaban J connectivity index is 0.00000200. The van der Waals surface area contributed by atoms with E-state index in [-0.39, 0.29) is 36.1 Å². The van der Waals surface area contributed by atoms with Gasteiger partial charge in [-0.15, -0.1) is 24.8 Å². The molecule has 0 spiro atoms. The minimum absolute atomic E-state index is 0. The molecule has 2 rings (SSSR count). The van der Waals surface area contributed by atoms with Gasteiger partial charge in [-0.1, -0.05) is 13.0 Å². The SMILES string of the molecule is Cc1ccc(CC(=O)NCC2(C)CCNCC2)cn1.Cl.Cl. The second kappa shape index (κ2) is 9.23. The molecule has 21 heavy (non-hydrogen) atoms. The van der Waals surface area contributed by atoms with Crippen molar-refractivity contribution in [1.29, 1.82) is 0 Å². The first-order valence-corrected chi connectivity index (χ1v) is 6.96. The van der Waals surface area contributed by atoms with Crippen LogP contribution < -0.4 is 10.6 Å². The minimum atomic E-state index is 0. The van der Waals surface area contributed by atoms with E-state index < -0.39 is 0 Å². The van der Waals surface area contributed by atoms with Gasteiger partial charge in [0.1, 0.15) is 0 Å². The topological polar surface area (TPSA) is 54.0 Å². The van der Waals surface area contributed by atoms with Gasteiger partial charge < -0.3 is 10.6 Å². The number of nitrogens with zero attached hydrogens (tertiary/aromatic N) is 1. The van der Waals surface area contributed by atoms with Gasteiger partial charge >= 0.3 is 0 Å². The summed E-state index contributed by atoms with van der Waals surface area (Å²) in [5.41, 5.74) is 2.19. The summed E-state index contributed by atoms with van der Waals surface area (Å²) in [5.74, 6) is 0.0883. The van der Waals surface area contributed by atoms with Crippen LogP contribution in [0.25, 0.3) is 0 Å². The fourth-order valence-electron chi connectivity index (χ4n) is 2.37. The lowest BCUT2D eigenvalue weighted by Crippen LogP contribution is -2.43. The highest BCUT2D eigenvalue weighted by Crippen LogP contribution is 2.26. The average molecular weight is 334 g/mol. The zero-order valence-electron chi connectivity index (χ0n) is 12.6. The Labute approximate surface area is 139 Å². The minimum Gasteiger partial charge on any atom is -0.355 e. The third kappa shape index (κ3) is 6.64. The molecule has 0 unspecified atom stereocenters. The Morgan fingerprint density at radius 3 is 2.57 bits per heavy atom. The number of hydrogen-bond donors (Lipinski definition) is 2. The molecular formula is C15H25Cl2N3O. The molecule has 0 aromatic carbocycles. The zero-order chi connectivity index (χ0) is 13.7. The number of aromatic nitrogens is 1. The number of rotatable bonds is 4. The van der Waals surface area contributed by atoms with Crippen LogP contribution in [0.4, 0.5) is 0 Å². The van der Waals surface area contributed by atoms with Crippen LogP contribution in [0.3, 0.4) is 0 Å². The Kier molecular flexibility index (Phi) is 8.86. The molecule has 0 saturated carbocycles. The van der Waals surface area contributed by atoms with Gasteiger partial charge in [-0.2, -0.15) is 0 Å². The smallest absolute Gasteiger partial charge is 0.224 e. The molecule has 1 fully saturated rings. The molecule has 2 heterocycles. The number of halogens is 2. The lowest BCUT2D eigenvalue weighted by molar-refractivity contribution is -0.121. The fourth-order valence-corrected chi connectivity index (χ4v) is 2.37. The number of amides is 1. The van der Waals surface area contributed by atoms with Crippen molar-refractivity contribution in [3.05, 3.63) is 29.6 Å². The molecule has 1 amide bonds. The molecule has 120 valence electrons. The predicted octanol–water partition coefficient (Wildman–Crippen LogP) is 2.28. The number of nitrogens with one attached hydrogen (secondary N) is 2. The first-order chi connectivity index (χ1) is 9.07. The summed E-state index contributed by atoms with van der Waals surface area (Å²) in [6, 6.07) is 3.91. The van der Waals surface area contributed by atoms with E-state index in [4.69, 9.17) is 0 Å². The standard InChI is InChI=1S/C15H23N3O.2ClH/c1-12-3-4-13(10-17-12)9-14(19)18-11-15(2)5-7-16-8-6-15;;/h3-4,10,16H,5-9,11H2,1-2H3,(H,18,19);2*1H. The highest BCUT2D eigenvalue weighted by molar-refractivity contribution is 5.85. The van der Waals surface area contributed by atoms with E-state index in [0.717, 1.165) is 43.7 Å². The second-order valence-corrected chi connectivity index (χ2v) is 5.82. The molecule has 0 radical (unpaired) electrons. The van der Waals surface area contributed by atoms with Gasteiger partial charge in [-0.05, 0) is 49.9 Å². The number of carbonyl (C=O) groups excluding carboxylic acids is 1. The van der Waals surface area contributed by atoms with Gasteiger partial charge in [0, 0.05) is 18.4 Å². The second-order valence-electron chi connectivity index (χ2n) is 5.82. The molecule has 0 atom stereocenters. The number of hydrogen-bond acceptors (Lipinski definition) is 3. The van der Waals surface area contributed by atoms with Crippen LogP contribution in [0.5, 0.6) is 0 Å². The first kappa shape index (κ1) is 20.2. The lowest BCUT2D eigenvalue weighted by Gasteiger charge is -2.34. The number of aryl methyl sites for hydroxylation is 1. The molecule has 0 aliphatic carbocycles. The van der Waals surface area contributed by atoms with Crippen molar-refractivity contribution < 1.29 is 4.79 Å². The Hall–Kier alpha value is -0.840. The monoisotopic (exact) mass is 333 g/mol. The maximum Gasteiger partial charge on any atom is 0.224 e. The molecule has 1 saturated heterocycles. The Morgan fingerprint density at radius 2 is 2.00 bits per heavy atom. The van der Waals surface area contributed by atoms with E-state index in [1.54, 1.807) is 6.20 Å². The maximum atomic E-state index is 11.9. The van der Waals surface area contributed by atoms with Crippen molar-refractivity contribution in [2.24, 2.45) is 5.41 Å². The quantitative estimate of drug-likeness (QED) is 0.888. The fraction of sp³-hybridized carbons (Fsp3) is 0.600. The maximum absolute atomic E-state index is 11.9. The largest absolute Gasteiger partial charge is 0.355 e. The Morgan fingerprint density at radius 1 is 1.33 bits per heavy atom. The van der Waals surface area contributed by atoms with Crippen molar-refractivity contribution in [2.75, 3.05) is 19.6 Å². The van der Waals surface area contributed by atoms with Gasteiger partial charge in [0.2, 0.25) is 5.91 Å². The van der Waals surface area contributed by atoms with Crippen molar-refractivity contribution in [1.82, 2.24) is 15.6 Å². The molecule has 6 heteroatoms. The third-order valence-corrected chi connectivity index (χ3v) is 3.86. The molecule has 1 aliphatic rings. The lowest BCUT2D eigenvalue weighted by atomic mass is 9.81. The van der Waals surface area contributed by atoms with Crippen molar-refractivity contribution in [3.8, 4) is 0 Å². The van der Waals surface area contributed by atoms with E-state index in [9.17, 15) is 4.79 Å². The van der Waals surface area contributed by atoms with Crippen LogP contribution in [0.2, 0.25) is 0 Å². The van der Waals surface area contributed by atoms with Gasteiger partial charge in [-0.25, -0.2) is 0 Å². The summed E-state index contributed by atoms with van der Waals surface area (Å²) in [4.78, 5) is 16.1. The number of piperidine rings is 1. The van der Waals surface area contributed by atoms with E-state index in [2.05, 4.69) is 22.5 Å². The zero-order valence-corrected chi connectivity index (χ0v) is 14.3. The summed E-state index contributed by atoms with van der Waals surface area (Å²) in [6.07, 6.45) is 4.45. The van der Waals surface area contributed by atoms with Crippen LogP contribution in [-0.4, -0.2) is 30.5 Å². The van der Waals surface area contributed by atoms with Crippen LogP contribution in [0.1, 0.15) is 31.0 Å². The molecule has 1 aromatic rings. The van der Waals surface area contributed by atoms with E-state index in [1.807, 2.05) is 19.1 Å². The highest BCUT2D eigenvalue weighted by Gasteiger charge is 2.26. The number of carbonyl (C=O) groups is 1. The molecule has 2 N–H and O–H groups in total. The third-order valence-electron chi connectivity index (χ3n) is 3.86. The van der Waals surface area contributed by atoms with Gasteiger partial charge in [0.15, 0.2) is 0 Å². The predicted molar refractivity (Wildman–Crippen MR) is 90.4 cm³/mol. The first-order valence-electron chi connectivity index (χ1n) is 6.96. The van der Waals surface area contributed by atoms with Crippen LogP contribution >= 0.6 is 24.8 Å². The van der Waals surface area contributed by atoms with Gasteiger partial charge in [0.05, 0.1) is 6.42 Å². The summed E-state index contributed by atoms with van der Waals surface area (Å²) < 4.78 is 0. The number of pyridine rings is 1. The van der Waals surface area contributed by atoms with Gasteiger partial charge in [0.25, 0.3) is 0 Å². The van der Waals surface area contributed by atoms with E-state index >= 15 is 0 Å². The highest BCUT2D eigenvalue weighted by atomic mass is 35.5. The van der Waals surface area contributed by atoms with E-state index in [1.165, 1.54) is 0 Å². The van der Waals surface area contributed by atoms with Crippen LogP contribution in [0.15, 0.2) is 18.3 Å². The van der Waals surface area contributed by atoms with Crippen LogP contribution in [-0.2, 0) is 11.2 Å². The summed E-state index contributed by atoms with van der Waals surface area (Å²) in [5, 5.41) is 6.41. The summed E-state index contributed by atoms with van der Waals surface area (Å²) >= 11 is 0. The van der Waals surface area contributed by atoms with Crippen molar-refractivity contribution >= 4 is 30.7 Å². The van der Waals surface area contributed by atoms with Crippen LogP contribution in [0, 0.1) is 12.3 Å². The molecule has 1 aromatic heterocycles. The van der Waals surface area contributed by atoms with Crippen molar-refractivity contribution in [2.45, 2.75) is 33.1 Å². The van der Waals surface area contributed by atoms with E-state index in [0.29, 0.717) is 6.42 Å². The molecular weight excluding hydrogens is 309 g/mol. The molecule has 4 nitrogen and oxygen atoms in total. The summed E-state index contributed by atoms with van der Waals surface area (Å²) in [6.45, 7) is 7.07. The normalized spacial score (nSPS) is 16.3. The molecule has 0 bridgehead atoms. The molecule has 1 aliphatic heterocycles. The van der Waals surface area contributed by atoms with Gasteiger partial charge in [-0.3, -0.25) is 9.78 Å². The summed E-state index contributed by atoms with van der Waals surface area (Å²) in [7, 11) is 0. The average Bonchev–Trinajstić information content (AvgIpc) is 2.40.